The van der Waals surface area contributed by atoms with Crippen molar-refractivity contribution in [2.24, 2.45) is 0 Å². The first-order valence-electron chi connectivity index (χ1n) is 9.14. The zero-order valence-corrected chi connectivity index (χ0v) is 15.8. The predicted octanol–water partition coefficient (Wildman–Crippen LogP) is 5.67. The number of unbranched alkanes of at least 4 members (excludes halogenated alkanes) is 6. The summed E-state index contributed by atoms with van der Waals surface area (Å²) in [6.07, 6.45) is 15.8. The number of aliphatic carboxylic acids is 1. The summed E-state index contributed by atoms with van der Waals surface area (Å²) < 4.78 is 4.99. The van der Waals surface area contributed by atoms with Crippen molar-refractivity contribution in [1.82, 2.24) is 0 Å². The minimum atomic E-state index is -0.750. The Morgan fingerprint density at radius 2 is 1.67 bits per heavy atom. The first-order chi connectivity index (χ1) is 11.5. The monoisotopic (exact) mass is 340 g/mol. The van der Waals surface area contributed by atoms with Gasteiger partial charge < -0.3 is 9.84 Å². The maximum Gasteiger partial charge on any atom is 0.307 e. The van der Waals surface area contributed by atoms with Gasteiger partial charge in [-0.1, -0.05) is 70.8 Å². The Bertz CT molecular complexity index is 348. The van der Waals surface area contributed by atoms with Crippen molar-refractivity contribution >= 4 is 11.9 Å². The Morgan fingerprint density at radius 1 is 1.04 bits per heavy atom. The summed E-state index contributed by atoms with van der Waals surface area (Å²) in [6.45, 7) is 9.37. The van der Waals surface area contributed by atoms with Crippen LogP contribution >= 0.6 is 0 Å². The number of allylic oxidation sites excluding steroid dienone is 1. The average Bonchev–Trinajstić information content (AvgIpc) is 2.53. The number of carboxylic acids is 1. The minimum absolute atomic E-state index is 0.0888. The van der Waals surface area contributed by atoms with Crippen LogP contribution in [-0.2, 0) is 14.3 Å². The van der Waals surface area contributed by atoms with Gasteiger partial charge in [0.15, 0.2) is 0 Å². The molecule has 0 spiro atoms. The lowest BCUT2D eigenvalue weighted by Crippen LogP contribution is -2.12. The van der Waals surface area contributed by atoms with E-state index in [1.807, 2.05) is 6.08 Å². The molecule has 0 radical (unpaired) electrons. The van der Waals surface area contributed by atoms with Crippen molar-refractivity contribution in [3.05, 3.63) is 24.8 Å². The van der Waals surface area contributed by atoms with Crippen LogP contribution < -0.4 is 0 Å². The van der Waals surface area contributed by atoms with Crippen LogP contribution in [0, 0.1) is 0 Å². The van der Waals surface area contributed by atoms with E-state index in [1.165, 1.54) is 45.4 Å². The van der Waals surface area contributed by atoms with Crippen LogP contribution in [0.5, 0.6) is 0 Å². The molecule has 4 nitrogen and oxygen atoms in total. The largest absolute Gasteiger partial charge is 0.481 e. The third kappa shape index (κ3) is 22.7. The maximum atomic E-state index is 10.6. The van der Waals surface area contributed by atoms with Gasteiger partial charge in [0.05, 0.1) is 6.42 Å². The number of hydrogen-bond acceptors (Lipinski definition) is 3. The molecule has 0 saturated carbocycles. The molecule has 1 N–H and O–H groups in total. The van der Waals surface area contributed by atoms with E-state index in [0.717, 1.165) is 19.3 Å². The highest BCUT2D eigenvalue weighted by Gasteiger charge is 2.05. The molecule has 0 fully saturated rings. The average molecular weight is 341 g/mol. The SMILES string of the molecule is C=CC(CCCCC)OC(C)=O.CCCCCCC=CCC(=O)O. The molecule has 0 saturated heterocycles. The molecular weight excluding hydrogens is 304 g/mol. The summed E-state index contributed by atoms with van der Waals surface area (Å²) in [6, 6.07) is 0. The fourth-order valence-corrected chi connectivity index (χ4v) is 2.02. The van der Waals surface area contributed by atoms with Gasteiger partial charge in [0.1, 0.15) is 6.10 Å². The van der Waals surface area contributed by atoms with E-state index in [1.54, 1.807) is 12.2 Å². The Hall–Kier alpha value is -1.58. The Morgan fingerprint density at radius 3 is 2.17 bits per heavy atom. The third-order valence-corrected chi connectivity index (χ3v) is 3.36. The first kappa shape index (κ1) is 24.7. The van der Waals surface area contributed by atoms with Crippen molar-refractivity contribution < 1.29 is 19.4 Å². The number of rotatable bonds is 13. The van der Waals surface area contributed by atoms with E-state index >= 15 is 0 Å². The molecule has 1 unspecified atom stereocenters. The van der Waals surface area contributed by atoms with Crippen molar-refractivity contribution in [1.29, 1.82) is 0 Å². The fourth-order valence-electron chi connectivity index (χ4n) is 2.02. The van der Waals surface area contributed by atoms with Crippen molar-refractivity contribution in [2.45, 2.75) is 91.1 Å². The lowest BCUT2D eigenvalue weighted by atomic mass is 10.1. The van der Waals surface area contributed by atoms with Gasteiger partial charge in [-0.05, 0) is 25.7 Å². The molecule has 0 aliphatic rings. The smallest absolute Gasteiger partial charge is 0.307 e. The topological polar surface area (TPSA) is 63.6 Å². The Labute approximate surface area is 148 Å². The second-order valence-corrected chi connectivity index (χ2v) is 5.80. The third-order valence-electron chi connectivity index (χ3n) is 3.36. The lowest BCUT2D eigenvalue weighted by molar-refractivity contribution is -0.144. The Balaban J connectivity index is 0. The number of carboxylic acid groups (broad SMARTS) is 1. The van der Waals surface area contributed by atoms with Gasteiger partial charge in [0.2, 0.25) is 0 Å². The molecule has 140 valence electrons. The van der Waals surface area contributed by atoms with Gasteiger partial charge in [-0.3, -0.25) is 9.59 Å². The van der Waals surface area contributed by atoms with E-state index < -0.39 is 5.97 Å². The fraction of sp³-hybridized carbons (Fsp3) is 0.700. The quantitative estimate of drug-likeness (QED) is 0.266. The van der Waals surface area contributed by atoms with Crippen LogP contribution in [0.3, 0.4) is 0 Å². The molecular formula is C20H36O4. The number of hydrogen-bond donors (Lipinski definition) is 1. The molecule has 0 aromatic rings. The first-order valence-corrected chi connectivity index (χ1v) is 9.14. The molecule has 0 rings (SSSR count). The minimum Gasteiger partial charge on any atom is -0.481 e. The van der Waals surface area contributed by atoms with Gasteiger partial charge in [-0.15, -0.1) is 0 Å². The molecule has 0 aromatic carbocycles. The highest BCUT2D eigenvalue weighted by atomic mass is 16.5. The number of ether oxygens (including phenoxy) is 1. The van der Waals surface area contributed by atoms with Crippen LogP contribution in [-0.4, -0.2) is 23.1 Å². The molecule has 0 aromatic heterocycles. The molecule has 0 heterocycles. The van der Waals surface area contributed by atoms with Crippen LogP contribution in [0.4, 0.5) is 0 Å². The van der Waals surface area contributed by atoms with E-state index in [4.69, 9.17) is 9.84 Å². The second-order valence-electron chi connectivity index (χ2n) is 5.80. The molecule has 0 aliphatic carbocycles. The van der Waals surface area contributed by atoms with E-state index in [9.17, 15) is 9.59 Å². The molecule has 1 atom stereocenters. The maximum absolute atomic E-state index is 10.6. The van der Waals surface area contributed by atoms with Crippen LogP contribution in [0.2, 0.25) is 0 Å². The molecule has 0 bridgehead atoms. The molecule has 4 heteroatoms. The van der Waals surface area contributed by atoms with E-state index in [2.05, 4.69) is 20.4 Å². The second kappa shape index (κ2) is 19.5. The van der Waals surface area contributed by atoms with Crippen molar-refractivity contribution in [3.8, 4) is 0 Å². The van der Waals surface area contributed by atoms with Gasteiger partial charge >= 0.3 is 11.9 Å². The van der Waals surface area contributed by atoms with Gasteiger partial charge in [0, 0.05) is 6.92 Å². The van der Waals surface area contributed by atoms with E-state index in [-0.39, 0.29) is 18.5 Å². The van der Waals surface area contributed by atoms with Crippen molar-refractivity contribution in [2.75, 3.05) is 0 Å². The van der Waals surface area contributed by atoms with Crippen LogP contribution in [0.1, 0.15) is 85.0 Å². The number of esters is 1. The standard InChI is InChI=1S/2C10H18O2/c1-4-6-7-8-10(5-2)12-9(3)11;1-2-3-4-5-6-7-8-9-10(11)12/h5,10H,2,4,6-8H2,1,3H3;7-8H,2-6,9H2,1H3,(H,11,12). The summed E-state index contributed by atoms with van der Waals surface area (Å²) >= 11 is 0. The number of carbonyl (C=O) groups excluding carboxylic acids is 1. The lowest BCUT2D eigenvalue weighted by Gasteiger charge is -2.11. The van der Waals surface area contributed by atoms with Gasteiger partial charge in [-0.25, -0.2) is 0 Å². The Kier molecular flexibility index (Phi) is 20.0. The molecule has 24 heavy (non-hydrogen) atoms. The van der Waals surface area contributed by atoms with Crippen LogP contribution in [0.25, 0.3) is 0 Å². The molecule has 0 aliphatic heterocycles. The zero-order valence-electron chi connectivity index (χ0n) is 15.8. The summed E-state index contributed by atoms with van der Waals surface area (Å²) in [5.41, 5.74) is 0. The summed E-state index contributed by atoms with van der Waals surface area (Å²) in [7, 11) is 0. The highest BCUT2D eigenvalue weighted by Crippen LogP contribution is 2.07. The predicted molar refractivity (Wildman–Crippen MR) is 100 cm³/mol. The van der Waals surface area contributed by atoms with Gasteiger partial charge in [0.25, 0.3) is 0 Å². The summed E-state index contributed by atoms with van der Waals surface area (Å²) in [4.78, 5) is 20.7. The normalized spacial score (nSPS) is 11.5. The number of carbonyl (C=O) groups is 2. The summed E-state index contributed by atoms with van der Waals surface area (Å²) in [5.74, 6) is -0.976. The highest BCUT2D eigenvalue weighted by molar-refractivity contribution is 5.68. The van der Waals surface area contributed by atoms with Crippen LogP contribution in [0.15, 0.2) is 24.8 Å². The summed E-state index contributed by atoms with van der Waals surface area (Å²) in [5, 5.41) is 8.30. The van der Waals surface area contributed by atoms with Gasteiger partial charge in [-0.2, -0.15) is 0 Å². The molecule has 0 amide bonds. The van der Waals surface area contributed by atoms with E-state index in [0.29, 0.717) is 0 Å². The van der Waals surface area contributed by atoms with Crippen molar-refractivity contribution in [3.63, 3.8) is 0 Å². The zero-order chi connectivity index (χ0) is 18.6.